The van der Waals surface area contributed by atoms with Gasteiger partial charge in [0.15, 0.2) is 5.25 Å². The molecular weight excluding hydrogens is 216 g/mol. The van der Waals surface area contributed by atoms with E-state index in [-0.39, 0.29) is 13.0 Å². The lowest BCUT2D eigenvalue weighted by Crippen LogP contribution is -2.28. The minimum Gasteiger partial charge on any atom is -0.465 e. The van der Waals surface area contributed by atoms with E-state index in [0.29, 0.717) is 6.42 Å². The Morgan fingerprint density at radius 3 is 2.31 bits per heavy atom. The SMILES string of the molecule is CCC[C@H](C(=O)OCC)S(=O)(=O)Cl. The summed E-state index contributed by atoms with van der Waals surface area (Å²) < 4.78 is 26.4. The maximum absolute atomic E-state index is 11.1. The Morgan fingerprint density at radius 1 is 1.46 bits per heavy atom. The average Bonchev–Trinajstić information content (AvgIpc) is 1.98. The fourth-order valence-corrected chi connectivity index (χ4v) is 2.17. The highest BCUT2D eigenvalue weighted by Crippen LogP contribution is 2.14. The van der Waals surface area contributed by atoms with Crippen molar-refractivity contribution in [3.63, 3.8) is 0 Å². The summed E-state index contributed by atoms with van der Waals surface area (Å²) in [5, 5.41) is -1.22. The number of hydrogen-bond donors (Lipinski definition) is 0. The number of ether oxygens (including phenoxy) is 1. The summed E-state index contributed by atoms with van der Waals surface area (Å²) in [5.74, 6) is -0.764. The van der Waals surface area contributed by atoms with Gasteiger partial charge in [-0.1, -0.05) is 13.3 Å². The second-order valence-electron chi connectivity index (χ2n) is 2.50. The molecule has 0 fully saturated rings. The third-order valence-electron chi connectivity index (χ3n) is 1.44. The highest BCUT2D eigenvalue weighted by Gasteiger charge is 2.31. The summed E-state index contributed by atoms with van der Waals surface area (Å²) in [6.07, 6.45) is 0.764. The van der Waals surface area contributed by atoms with E-state index in [2.05, 4.69) is 4.74 Å². The second-order valence-corrected chi connectivity index (χ2v) is 5.32. The normalized spacial score (nSPS) is 13.8. The van der Waals surface area contributed by atoms with Crippen LogP contribution in [-0.4, -0.2) is 26.2 Å². The zero-order valence-electron chi connectivity index (χ0n) is 7.62. The maximum Gasteiger partial charge on any atom is 0.325 e. The summed E-state index contributed by atoms with van der Waals surface area (Å²) in [6, 6.07) is 0. The lowest BCUT2D eigenvalue weighted by molar-refractivity contribution is -0.142. The standard InChI is InChI=1S/C7H13ClO4S/c1-3-5-6(13(8,10)11)7(9)12-4-2/h6H,3-5H2,1-2H3/t6-/m1/s1. The van der Waals surface area contributed by atoms with Crippen molar-refractivity contribution in [2.24, 2.45) is 0 Å². The molecule has 78 valence electrons. The predicted octanol–water partition coefficient (Wildman–Crippen LogP) is 1.29. The van der Waals surface area contributed by atoms with Crippen LogP contribution in [0.4, 0.5) is 0 Å². The molecule has 0 N–H and O–H groups in total. The van der Waals surface area contributed by atoms with Gasteiger partial charge in [-0.2, -0.15) is 0 Å². The van der Waals surface area contributed by atoms with E-state index >= 15 is 0 Å². The van der Waals surface area contributed by atoms with Crippen molar-refractivity contribution in [2.75, 3.05) is 6.61 Å². The Balaban J connectivity index is 4.52. The van der Waals surface area contributed by atoms with Gasteiger partial charge < -0.3 is 4.74 Å². The number of rotatable bonds is 5. The van der Waals surface area contributed by atoms with E-state index in [9.17, 15) is 13.2 Å². The van der Waals surface area contributed by atoms with Gasteiger partial charge in [0.1, 0.15) is 0 Å². The van der Waals surface area contributed by atoms with Crippen LogP contribution in [-0.2, 0) is 18.6 Å². The first-order chi connectivity index (χ1) is 5.93. The third kappa shape index (κ3) is 4.47. The van der Waals surface area contributed by atoms with E-state index in [4.69, 9.17) is 10.7 Å². The molecule has 0 radical (unpaired) electrons. The van der Waals surface area contributed by atoms with Gasteiger partial charge in [0, 0.05) is 10.7 Å². The fourth-order valence-electron chi connectivity index (χ4n) is 0.871. The molecule has 0 rings (SSSR count). The molecule has 0 aliphatic heterocycles. The first-order valence-electron chi connectivity index (χ1n) is 4.03. The fraction of sp³-hybridized carbons (Fsp3) is 0.857. The summed E-state index contributed by atoms with van der Waals surface area (Å²) >= 11 is 0. The molecule has 0 heterocycles. The molecule has 0 bridgehead atoms. The number of esters is 1. The van der Waals surface area contributed by atoms with Crippen LogP contribution in [0.15, 0.2) is 0 Å². The number of hydrogen-bond acceptors (Lipinski definition) is 4. The van der Waals surface area contributed by atoms with Crippen molar-refractivity contribution in [1.82, 2.24) is 0 Å². The van der Waals surface area contributed by atoms with Gasteiger partial charge in [0.25, 0.3) is 0 Å². The quantitative estimate of drug-likeness (QED) is 0.526. The van der Waals surface area contributed by atoms with Crippen molar-refractivity contribution in [3.05, 3.63) is 0 Å². The Kier molecular flexibility index (Phi) is 5.32. The zero-order chi connectivity index (χ0) is 10.5. The molecule has 13 heavy (non-hydrogen) atoms. The third-order valence-corrected chi connectivity index (χ3v) is 3.19. The molecule has 0 aromatic heterocycles. The van der Waals surface area contributed by atoms with Gasteiger partial charge in [-0.25, -0.2) is 8.42 Å². The van der Waals surface area contributed by atoms with Crippen LogP contribution in [0.5, 0.6) is 0 Å². The first kappa shape index (κ1) is 12.7. The van der Waals surface area contributed by atoms with Gasteiger partial charge in [0.2, 0.25) is 9.05 Å². The van der Waals surface area contributed by atoms with Crippen LogP contribution in [0.1, 0.15) is 26.7 Å². The topological polar surface area (TPSA) is 60.4 Å². The van der Waals surface area contributed by atoms with E-state index < -0.39 is 20.3 Å². The first-order valence-corrected chi connectivity index (χ1v) is 6.40. The number of halogens is 1. The van der Waals surface area contributed by atoms with Gasteiger partial charge in [-0.15, -0.1) is 0 Å². The molecule has 0 unspecified atom stereocenters. The van der Waals surface area contributed by atoms with Crippen LogP contribution in [0, 0.1) is 0 Å². The minimum atomic E-state index is -3.85. The van der Waals surface area contributed by atoms with Crippen LogP contribution in [0.2, 0.25) is 0 Å². The summed E-state index contributed by atoms with van der Waals surface area (Å²) in [5.41, 5.74) is 0. The Morgan fingerprint density at radius 2 is 2.00 bits per heavy atom. The summed E-state index contributed by atoms with van der Waals surface area (Å²) in [4.78, 5) is 11.1. The lowest BCUT2D eigenvalue weighted by Gasteiger charge is -2.10. The van der Waals surface area contributed by atoms with Crippen LogP contribution >= 0.6 is 10.7 Å². The molecule has 0 aliphatic carbocycles. The van der Waals surface area contributed by atoms with E-state index in [1.165, 1.54) is 0 Å². The monoisotopic (exact) mass is 228 g/mol. The summed E-state index contributed by atoms with van der Waals surface area (Å²) in [7, 11) is 1.23. The second kappa shape index (κ2) is 5.44. The Labute approximate surface area is 82.6 Å². The van der Waals surface area contributed by atoms with Crippen molar-refractivity contribution in [2.45, 2.75) is 31.9 Å². The van der Waals surface area contributed by atoms with Crippen molar-refractivity contribution >= 4 is 25.7 Å². The Bertz CT molecular complexity index is 260. The molecule has 0 saturated carbocycles. The molecule has 0 spiro atoms. The molecule has 6 heteroatoms. The van der Waals surface area contributed by atoms with Crippen molar-refractivity contribution in [3.8, 4) is 0 Å². The molecular formula is C7H13ClO4S. The molecule has 0 saturated heterocycles. The van der Waals surface area contributed by atoms with Gasteiger partial charge in [-0.05, 0) is 13.3 Å². The highest BCUT2D eigenvalue weighted by atomic mass is 35.7. The van der Waals surface area contributed by atoms with E-state index in [1.807, 2.05) is 0 Å². The van der Waals surface area contributed by atoms with E-state index in [1.54, 1.807) is 13.8 Å². The smallest absolute Gasteiger partial charge is 0.325 e. The summed E-state index contributed by atoms with van der Waals surface area (Å²) in [6.45, 7) is 3.54. The lowest BCUT2D eigenvalue weighted by atomic mass is 10.2. The minimum absolute atomic E-state index is 0.158. The van der Waals surface area contributed by atoms with Gasteiger partial charge in [-0.3, -0.25) is 4.79 Å². The van der Waals surface area contributed by atoms with Crippen LogP contribution in [0.3, 0.4) is 0 Å². The predicted molar refractivity (Wildman–Crippen MR) is 50.1 cm³/mol. The van der Waals surface area contributed by atoms with Gasteiger partial charge >= 0.3 is 5.97 Å². The molecule has 4 nitrogen and oxygen atoms in total. The molecule has 0 aromatic carbocycles. The average molecular weight is 229 g/mol. The molecule has 0 aromatic rings. The number of carbonyl (C=O) groups is 1. The van der Waals surface area contributed by atoms with Crippen LogP contribution in [0.25, 0.3) is 0 Å². The van der Waals surface area contributed by atoms with Crippen molar-refractivity contribution in [1.29, 1.82) is 0 Å². The van der Waals surface area contributed by atoms with Gasteiger partial charge in [0.05, 0.1) is 6.61 Å². The molecule has 0 amide bonds. The maximum atomic E-state index is 11.1. The number of carbonyl (C=O) groups excluding carboxylic acids is 1. The largest absolute Gasteiger partial charge is 0.465 e. The van der Waals surface area contributed by atoms with Crippen LogP contribution < -0.4 is 0 Å². The highest BCUT2D eigenvalue weighted by molar-refractivity contribution is 8.14. The Hall–Kier alpha value is -0.290. The molecule has 0 aliphatic rings. The van der Waals surface area contributed by atoms with Crippen molar-refractivity contribution < 1.29 is 17.9 Å². The molecule has 1 atom stereocenters. The zero-order valence-corrected chi connectivity index (χ0v) is 9.19. The van der Waals surface area contributed by atoms with E-state index in [0.717, 1.165) is 0 Å².